The average molecular weight is 841 g/mol. The maximum Gasteiger partial charge on any atom is 0.249 e. The molecule has 0 radical (unpaired) electrons. The van der Waals surface area contributed by atoms with E-state index in [2.05, 4.69) is 46.6 Å². The van der Waals surface area contributed by atoms with Crippen LogP contribution in [0.2, 0.25) is 5.28 Å². The number of nitrogens with one attached hydrogen (secondary N) is 1. The lowest BCUT2D eigenvalue weighted by Gasteiger charge is -2.43. The van der Waals surface area contributed by atoms with Crippen LogP contribution in [0.25, 0.3) is 28.7 Å². The number of carbonyl (C=O) groups excluding carboxylic acids is 2. The van der Waals surface area contributed by atoms with Gasteiger partial charge in [-0.05, 0) is 50.1 Å². The molecule has 10 rings (SSSR count). The Hall–Kier alpha value is -6.15. The van der Waals surface area contributed by atoms with Gasteiger partial charge in [-0.1, -0.05) is 100 Å². The Morgan fingerprint density at radius 1 is 0.656 bits per heavy atom. The van der Waals surface area contributed by atoms with Crippen molar-refractivity contribution in [3.63, 3.8) is 0 Å². The van der Waals surface area contributed by atoms with Crippen molar-refractivity contribution in [3.05, 3.63) is 103 Å². The van der Waals surface area contributed by atoms with Gasteiger partial charge in [0.25, 0.3) is 0 Å². The van der Waals surface area contributed by atoms with Crippen LogP contribution in [0.3, 0.4) is 0 Å². The molecular weight excluding hydrogens is 788 g/mol. The number of carbonyl (C=O) groups is 2. The summed E-state index contributed by atoms with van der Waals surface area (Å²) in [4.78, 5) is 63.2. The van der Waals surface area contributed by atoms with Gasteiger partial charge in [-0.2, -0.15) is 9.97 Å². The minimum atomic E-state index is -0.176. The van der Waals surface area contributed by atoms with Crippen molar-refractivity contribution in [3.8, 4) is 28.7 Å². The lowest BCUT2D eigenvalue weighted by Crippen LogP contribution is -2.55. The number of likely N-dealkylation sites (N-methyl/N-ethyl adjacent to an activating group) is 2. The molecule has 4 aliphatic rings. The number of halogens is 1. The summed E-state index contributed by atoms with van der Waals surface area (Å²) in [5.74, 6) is 4.21. The van der Waals surface area contributed by atoms with Gasteiger partial charge in [0.1, 0.15) is 35.1 Å². The molecule has 6 aromatic rings. The molecule has 2 aliphatic heterocycles. The summed E-state index contributed by atoms with van der Waals surface area (Å²) in [6.45, 7) is 4.13. The Bertz CT molecular complexity index is 2400. The predicted octanol–water partition coefficient (Wildman–Crippen LogP) is 8.54. The van der Waals surface area contributed by atoms with Crippen LogP contribution in [-0.2, 0) is 9.59 Å². The molecule has 2 amide bonds. The number of rotatable bonds is 7. The maximum atomic E-state index is 13.1. The summed E-state index contributed by atoms with van der Waals surface area (Å²) < 4.78 is 1.92. The number of anilines is 4. The molecule has 61 heavy (non-hydrogen) atoms. The standard InChI is InChI=1S/C23H26N6O.C14H19ClN4O.C9H8N2/c1-3-18-22(30)27(2)19-15-25-23(26-21(19)29(18)17-11-7-8-12-17)28-14-13-24-20(28)16-9-5-4-6-10-16;1-3-10-13(20)18(2)11-8-16-14(15)17-12(11)19(10)9-6-4-5-7-9;1-2-4-8(5-3-1)9-10-6-7-11-9/h4-6,9-10,13-15,17-18H,3,7-8,11-12H2,1-2H3;8-10H,3-7H2,1-2H3;1-7H,(H,10,11)/t18-;10-;/m11./s1. The number of hydrogen-bond acceptors (Lipinski definition) is 10. The second kappa shape index (κ2) is 18.6. The van der Waals surface area contributed by atoms with E-state index >= 15 is 0 Å². The van der Waals surface area contributed by atoms with Crippen molar-refractivity contribution >= 4 is 46.4 Å². The third kappa shape index (κ3) is 8.46. The van der Waals surface area contributed by atoms with E-state index in [1.54, 1.807) is 41.6 Å². The Morgan fingerprint density at radius 2 is 1.18 bits per heavy atom. The second-order valence-corrected chi connectivity index (χ2v) is 16.2. The summed E-state index contributed by atoms with van der Waals surface area (Å²) in [5, 5.41) is 0.240. The van der Waals surface area contributed by atoms with Crippen LogP contribution < -0.4 is 19.6 Å². The number of H-pyrrole nitrogens is 1. The molecule has 0 spiro atoms. The molecule has 6 heterocycles. The molecular formula is C46H53ClN12O2. The Morgan fingerprint density at radius 3 is 1.70 bits per heavy atom. The fourth-order valence-electron chi connectivity index (χ4n) is 9.14. The van der Waals surface area contributed by atoms with Crippen molar-refractivity contribution < 1.29 is 9.59 Å². The number of amides is 2. The van der Waals surface area contributed by atoms with E-state index in [-0.39, 0.29) is 29.2 Å². The fraction of sp³-hybridized carbons (Fsp3) is 0.391. The number of aromatic amines is 1. The highest BCUT2D eigenvalue weighted by Gasteiger charge is 2.42. The molecule has 0 unspecified atom stereocenters. The van der Waals surface area contributed by atoms with Crippen LogP contribution in [0.1, 0.15) is 78.1 Å². The van der Waals surface area contributed by atoms with Crippen LogP contribution in [0.5, 0.6) is 0 Å². The van der Waals surface area contributed by atoms with Crippen LogP contribution >= 0.6 is 11.6 Å². The minimum absolute atomic E-state index is 0.123. The molecule has 15 heteroatoms. The Labute approximate surface area is 362 Å². The predicted molar refractivity (Wildman–Crippen MR) is 240 cm³/mol. The molecule has 0 saturated heterocycles. The molecule has 2 aliphatic carbocycles. The maximum absolute atomic E-state index is 13.1. The fourth-order valence-corrected chi connectivity index (χ4v) is 9.27. The van der Waals surface area contributed by atoms with Gasteiger partial charge < -0.3 is 24.6 Å². The molecule has 2 aromatic carbocycles. The Balaban J connectivity index is 0.000000142. The summed E-state index contributed by atoms with van der Waals surface area (Å²) in [7, 11) is 3.61. The zero-order valence-corrected chi connectivity index (χ0v) is 36.0. The molecule has 2 atom stereocenters. The van der Waals surface area contributed by atoms with Gasteiger partial charge in [-0.25, -0.2) is 19.9 Å². The topological polar surface area (TPSA) is 145 Å². The largest absolute Gasteiger partial charge is 0.345 e. The van der Waals surface area contributed by atoms with Crippen molar-refractivity contribution in [1.82, 2.24) is 39.5 Å². The monoisotopic (exact) mass is 840 g/mol. The van der Waals surface area contributed by atoms with E-state index in [0.29, 0.717) is 18.0 Å². The number of fused-ring (bicyclic) bond motifs is 2. The van der Waals surface area contributed by atoms with Crippen LogP contribution in [0.4, 0.5) is 23.0 Å². The molecule has 4 aromatic heterocycles. The van der Waals surface area contributed by atoms with Gasteiger partial charge in [0, 0.05) is 62.1 Å². The highest BCUT2D eigenvalue weighted by atomic mass is 35.5. The zero-order valence-electron chi connectivity index (χ0n) is 35.2. The highest BCUT2D eigenvalue weighted by Crippen LogP contribution is 2.41. The summed E-state index contributed by atoms with van der Waals surface area (Å²) in [6.07, 6.45) is 21.5. The number of benzene rings is 2. The third-order valence-corrected chi connectivity index (χ3v) is 12.4. The highest BCUT2D eigenvalue weighted by molar-refractivity contribution is 6.28. The summed E-state index contributed by atoms with van der Waals surface area (Å²) >= 11 is 5.97. The van der Waals surface area contributed by atoms with Gasteiger partial charge in [0.15, 0.2) is 11.6 Å². The third-order valence-electron chi connectivity index (χ3n) is 12.2. The second-order valence-electron chi connectivity index (χ2n) is 15.9. The molecule has 1 N–H and O–H groups in total. The van der Waals surface area contributed by atoms with Gasteiger partial charge in [0.2, 0.25) is 23.0 Å². The van der Waals surface area contributed by atoms with Gasteiger partial charge in [0.05, 0.1) is 12.4 Å². The van der Waals surface area contributed by atoms with E-state index in [4.69, 9.17) is 16.6 Å². The van der Waals surface area contributed by atoms with Gasteiger partial charge in [-0.15, -0.1) is 0 Å². The van der Waals surface area contributed by atoms with Crippen molar-refractivity contribution in [2.24, 2.45) is 0 Å². The van der Waals surface area contributed by atoms with Crippen molar-refractivity contribution in [2.75, 3.05) is 33.7 Å². The lowest BCUT2D eigenvalue weighted by atomic mass is 10.0. The van der Waals surface area contributed by atoms with E-state index < -0.39 is 0 Å². The Kier molecular flexibility index (Phi) is 12.7. The smallest absolute Gasteiger partial charge is 0.249 e. The van der Waals surface area contributed by atoms with E-state index in [9.17, 15) is 9.59 Å². The average Bonchev–Trinajstić information content (AvgIpc) is 4.16. The van der Waals surface area contributed by atoms with Crippen LogP contribution in [0, 0.1) is 0 Å². The first-order valence-electron chi connectivity index (χ1n) is 21.4. The number of nitrogens with zero attached hydrogens (tertiary/aromatic N) is 11. The van der Waals surface area contributed by atoms with E-state index in [0.717, 1.165) is 84.3 Å². The van der Waals surface area contributed by atoms with Crippen LogP contribution in [-0.4, -0.2) is 89.5 Å². The zero-order chi connectivity index (χ0) is 42.5. The SMILES string of the molecule is CC[C@@H]1C(=O)N(C)c2cnc(-n3ccnc3-c3ccccc3)nc2N1C1CCCC1.CC[C@@H]1C(=O)N(C)c2cnc(Cl)nc2N1C1CCCC1.c1ccc(-c2ncc[nH]2)cc1. The van der Waals surface area contributed by atoms with Gasteiger partial charge >= 0.3 is 0 Å². The molecule has 14 nitrogen and oxygen atoms in total. The summed E-state index contributed by atoms with van der Waals surface area (Å²) in [5.41, 5.74) is 3.67. The molecule has 0 bridgehead atoms. The molecule has 2 fully saturated rings. The first-order valence-corrected chi connectivity index (χ1v) is 21.8. The van der Waals surface area contributed by atoms with Crippen LogP contribution in [0.15, 0.2) is 97.8 Å². The minimum Gasteiger partial charge on any atom is -0.345 e. The number of aromatic nitrogens is 8. The van der Waals surface area contributed by atoms with E-state index in [1.807, 2.05) is 91.6 Å². The number of imidazole rings is 2. The molecule has 316 valence electrons. The normalized spacial score (nSPS) is 19.0. The lowest BCUT2D eigenvalue weighted by molar-refractivity contribution is -0.120. The number of hydrogen-bond donors (Lipinski definition) is 1. The quantitative estimate of drug-likeness (QED) is 0.155. The molecule has 2 saturated carbocycles. The first kappa shape index (κ1) is 41.6. The summed E-state index contributed by atoms with van der Waals surface area (Å²) in [6, 6.07) is 20.5. The first-order chi connectivity index (χ1) is 29.8. The van der Waals surface area contributed by atoms with Crippen molar-refractivity contribution in [1.29, 1.82) is 0 Å². The van der Waals surface area contributed by atoms with Gasteiger partial charge in [-0.3, -0.25) is 14.2 Å². The van der Waals surface area contributed by atoms with Crippen molar-refractivity contribution in [2.45, 2.75) is 102 Å². The van der Waals surface area contributed by atoms with E-state index in [1.165, 1.54) is 25.7 Å².